The molecule has 0 spiro atoms. The highest BCUT2D eigenvalue weighted by Crippen LogP contribution is 2.31. The van der Waals surface area contributed by atoms with Gasteiger partial charge in [-0.05, 0) is 19.1 Å². The third-order valence-corrected chi connectivity index (χ3v) is 2.36. The van der Waals surface area contributed by atoms with E-state index in [0.717, 1.165) is 0 Å². The van der Waals surface area contributed by atoms with Crippen LogP contribution in [-0.4, -0.2) is 44.7 Å². The van der Waals surface area contributed by atoms with Gasteiger partial charge in [-0.2, -0.15) is 0 Å². The fourth-order valence-corrected chi connectivity index (χ4v) is 1.50. The van der Waals surface area contributed by atoms with Gasteiger partial charge in [0, 0.05) is 19.8 Å². The molecule has 0 aliphatic carbocycles. The molecule has 0 saturated heterocycles. The van der Waals surface area contributed by atoms with Gasteiger partial charge in [0.2, 0.25) is 0 Å². The number of hydrogen-bond donors (Lipinski definition) is 1. The van der Waals surface area contributed by atoms with Gasteiger partial charge < -0.3 is 24.1 Å². The Morgan fingerprint density at radius 2 is 1.36 bits per heavy atom. The lowest BCUT2D eigenvalue weighted by Crippen LogP contribution is -2.10. The molecule has 0 atom stereocenters. The Bertz CT molecular complexity index is 452. The largest absolute Gasteiger partial charge is 0.478 e. The molecule has 1 N–H and O–H groups in total. The number of aromatic carboxylic acids is 1. The summed E-state index contributed by atoms with van der Waals surface area (Å²) in [6.07, 6.45) is 0. The Labute approximate surface area is 130 Å². The number of carbonyl (C=O) groups is 2. The van der Waals surface area contributed by atoms with Gasteiger partial charge >= 0.3 is 5.97 Å². The molecule has 0 aliphatic rings. The lowest BCUT2D eigenvalue weighted by Gasteiger charge is -2.14. The number of rotatable bonds is 8. The maximum Gasteiger partial charge on any atom is 0.336 e. The summed E-state index contributed by atoms with van der Waals surface area (Å²) in [5, 5.41) is 9.13. The smallest absolute Gasteiger partial charge is 0.336 e. The molecule has 1 aromatic carbocycles. The molecule has 0 amide bonds. The van der Waals surface area contributed by atoms with E-state index in [-0.39, 0.29) is 56.8 Å². The number of methoxy groups -OCH3 is 2. The average Bonchev–Trinajstić information content (AvgIpc) is 2.42. The molecule has 0 unspecified atom stereocenters. The molecule has 0 aliphatic heterocycles. The van der Waals surface area contributed by atoms with E-state index in [1.807, 2.05) is 0 Å². The number of carbonyl (C=O) groups excluding carboxylic acids is 1. The second-order valence-corrected chi connectivity index (χ2v) is 3.81. The zero-order valence-electron chi connectivity index (χ0n) is 11.5. The van der Waals surface area contributed by atoms with E-state index in [4.69, 9.17) is 24.1 Å². The topological polar surface area (TPSA) is 91.3 Å². The predicted molar refractivity (Wildman–Crippen MR) is 81.9 cm³/mol. The Hall–Kier alpha value is -2.12. The van der Waals surface area contributed by atoms with Crippen molar-refractivity contribution in [2.45, 2.75) is 21.8 Å². The van der Waals surface area contributed by atoms with Crippen molar-refractivity contribution < 1.29 is 33.6 Å². The van der Waals surface area contributed by atoms with Gasteiger partial charge in [-0.15, -0.1) is 0 Å². The Kier molecular flexibility index (Phi) is 10.7. The van der Waals surface area contributed by atoms with Gasteiger partial charge in [0.25, 0.3) is 0 Å². The van der Waals surface area contributed by atoms with Crippen molar-refractivity contribution in [3.63, 3.8) is 0 Å². The van der Waals surface area contributed by atoms with Crippen LogP contribution in [0.5, 0.6) is 11.5 Å². The first-order valence-electron chi connectivity index (χ1n) is 5.67. The highest BCUT2D eigenvalue weighted by molar-refractivity contribution is 6.05. The van der Waals surface area contributed by atoms with Gasteiger partial charge in [0.15, 0.2) is 30.9 Å². The molecule has 0 saturated carbocycles. The molecule has 1 rings (SSSR count). The van der Waals surface area contributed by atoms with Gasteiger partial charge in [-0.25, -0.2) is 4.79 Å². The normalized spacial score (nSPS) is 9.23. The van der Waals surface area contributed by atoms with Crippen LogP contribution < -0.4 is 9.47 Å². The summed E-state index contributed by atoms with van der Waals surface area (Å²) in [6.45, 7) is 1.13. The van der Waals surface area contributed by atoms with Gasteiger partial charge in [0.1, 0.15) is 0 Å². The van der Waals surface area contributed by atoms with E-state index in [0.29, 0.717) is 0 Å². The van der Waals surface area contributed by atoms with Crippen LogP contribution in [0, 0.1) is 0 Å². The van der Waals surface area contributed by atoms with Gasteiger partial charge in [-0.1, -0.05) is 14.9 Å². The van der Waals surface area contributed by atoms with E-state index in [2.05, 4.69) is 0 Å². The fourth-order valence-electron chi connectivity index (χ4n) is 1.50. The highest BCUT2D eigenvalue weighted by atomic mass is 16.7. The summed E-state index contributed by atoms with van der Waals surface area (Å²) in [5.41, 5.74) is -0.123. The summed E-state index contributed by atoms with van der Waals surface area (Å²) < 4.78 is 20.0. The summed E-state index contributed by atoms with van der Waals surface area (Å²) in [6, 6.07) is 2.54. The minimum absolute atomic E-state index is 0. The Morgan fingerprint density at radius 1 is 0.955 bits per heavy atom. The lowest BCUT2D eigenvalue weighted by atomic mass is 10.0. The number of benzene rings is 1. The van der Waals surface area contributed by atoms with Crippen LogP contribution in [-0.2, 0) is 9.47 Å². The van der Waals surface area contributed by atoms with Crippen LogP contribution >= 0.6 is 0 Å². The minimum atomic E-state index is -1.23. The fraction of sp³-hybridized carbons (Fsp3) is 0.467. The SMILES string of the molecule is C.C.COCOc1cc(C(C)=O)c(C(=O)O)cc1OCOC. The van der Waals surface area contributed by atoms with Crippen LogP contribution in [0.25, 0.3) is 0 Å². The quantitative estimate of drug-likeness (QED) is 0.582. The molecule has 0 heterocycles. The molecule has 0 aromatic heterocycles. The Morgan fingerprint density at radius 3 is 1.68 bits per heavy atom. The number of ether oxygens (including phenoxy) is 4. The number of carboxylic acid groups (broad SMARTS) is 1. The van der Waals surface area contributed by atoms with Crippen molar-refractivity contribution >= 4 is 11.8 Å². The van der Waals surface area contributed by atoms with Gasteiger partial charge in [0.05, 0.1) is 5.56 Å². The van der Waals surface area contributed by atoms with E-state index in [1.165, 1.54) is 33.3 Å². The van der Waals surface area contributed by atoms with Crippen molar-refractivity contribution in [2.75, 3.05) is 27.8 Å². The second kappa shape index (κ2) is 10.6. The molecular weight excluding hydrogens is 292 g/mol. The maximum atomic E-state index is 11.5. The minimum Gasteiger partial charge on any atom is -0.478 e. The van der Waals surface area contributed by atoms with E-state index in [9.17, 15) is 9.59 Å². The van der Waals surface area contributed by atoms with Crippen molar-refractivity contribution in [3.05, 3.63) is 23.3 Å². The zero-order valence-corrected chi connectivity index (χ0v) is 11.5. The molecule has 7 heteroatoms. The standard InChI is InChI=1S/C13H16O7.2CH4/c1-8(14)9-4-11(19-6-17-2)12(20-7-18-3)5-10(9)13(15)16;;/h4-5H,6-7H2,1-3H3,(H,15,16);2*1H4. The summed E-state index contributed by atoms with van der Waals surface area (Å²) in [4.78, 5) is 22.7. The van der Waals surface area contributed by atoms with Crippen LogP contribution in [0.1, 0.15) is 42.5 Å². The van der Waals surface area contributed by atoms with E-state index < -0.39 is 5.97 Å². The average molecular weight is 316 g/mol. The van der Waals surface area contributed by atoms with E-state index >= 15 is 0 Å². The Balaban J connectivity index is 0. The lowest BCUT2D eigenvalue weighted by molar-refractivity contribution is 0.0320. The van der Waals surface area contributed by atoms with Crippen molar-refractivity contribution in [1.82, 2.24) is 0 Å². The molecular formula is C15H24O7. The van der Waals surface area contributed by atoms with Crippen LogP contribution in [0.3, 0.4) is 0 Å². The number of ketones is 1. The third kappa shape index (κ3) is 5.71. The molecule has 126 valence electrons. The first-order chi connectivity index (χ1) is 9.51. The van der Waals surface area contributed by atoms with Crippen molar-refractivity contribution in [1.29, 1.82) is 0 Å². The highest BCUT2D eigenvalue weighted by Gasteiger charge is 2.19. The summed E-state index contributed by atoms with van der Waals surface area (Å²) in [7, 11) is 2.87. The zero-order chi connectivity index (χ0) is 15.1. The van der Waals surface area contributed by atoms with E-state index in [1.54, 1.807) is 0 Å². The van der Waals surface area contributed by atoms with Crippen LogP contribution in [0.4, 0.5) is 0 Å². The molecule has 0 fully saturated rings. The van der Waals surface area contributed by atoms with Crippen LogP contribution in [0.2, 0.25) is 0 Å². The predicted octanol–water partition coefficient (Wildman–Crippen LogP) is 2.83. The summed E-state index contributed by atoms with van der Waals surface area (Å²) >= 11 is 0. The van der Waals surface area contributed by atoms with Crippen molar-refractivity contribution in [2.24, 2.45) is 0 Å². The number of hydrogen-bond acceptors (Lipinski definition) is 6. The van der Waals surface area contributed by atoms with Gasteiger partial charge in [-0.3, -0.25) is 4.79 Å². The molecule has 0 bridgehead atoms. The number of Topliss-reactive ketones (excluding diaryl/α,β-unsaturated/α-hetero) is 1. The molecule has 7 nitrogen and oxygen atoms in total. The molecule has 22 heavy (non-hydrogen) atoms. The first-order valence-corrected chi connectivity index (χ1v) is 5.67. The molecule has 0 radical (unpaired) electrons. The van der Waals surface area contributed by atoms with Crippen molar-refractivity contribution in [3.8, 4) is 11.5 Å². The third-order valence-electron chi connectivity index (χ3n) is 2.36. The summed E-state index contributed by atoms with van der Waals surface area (Å²) in [5.74, 6) is -1.25. The first kappa shape index (κ1) is 22.2. The van der Waals surface area contributed by atoms with Crippen LogP contribution in [0.15, 0.2) is 12.1 Å². The maximum absolute atomic E-state index is 11.5. The number of carboxylic acids is 1. The molecule has 1 aromatic rings. The monoisotopic (exact) mass is 316 g/mol. The second-order valence-electron chi connectivity index (χ2n) is 3.81.